The van der Waals surface area contributed by atoms with Crippen molar-refractivity contribution < 1.29 is 38.0 Å². The van der Waals surface area contributed by atoms with E-state index in [0.29, 0.717) is 23.9 Å². The Morgan fingerprint density at radius 1 is 0.783 bits per heavy atom. The number of hydrogen-bond donors (Lipinski definition) is 0. The van der Waals surface area contributed by atoms with E-state index in [9.17, 15) is 9.59 Å². The van der Waals surface area contributed by atoms with Crippen LogP contribution in [0.5, 0.6) is 23.0 Å². The van der Waals surface area contributed by atoms with Crippen molar-refractivity contribution >= 4 is 23.5 Å². The molecular weight excluding hydrogens is 586 g/mol. The number of rotatable bonds is 10. The Morgan fingerprint density at radius 2 is 1.37 bits per heavy atom. The van der Waals surface area contributed by atoms with Crippen molar-refractivity contribution in [2.45, 2.75) is 72.2 Å². The van der Waals surface area contributed by atoms with Gasteiger partial charge in [-0.05, 0) is 114 Å². The van der Waals surface area contributed by atoms with E-state index in [0.717, 1.165) is 53.2 Å². The first-order valence-corrected chi connectivity index (χ1v) is 16.0. The Bertz CT molecular complexity index is 1520. The summed E-state index contributed by atoms with van der Waals surface area (Å²) in [7, 11) is 0. The topological polar surface area (TPSA) is 92.8 Å². The van der Waals surface area contributed by atoms with Crippen LogP contribution in [0, 0.1) is 0 Å². The Balaban J connectivity index is 1.40. The van der Waals surface area contributed by atoms with Crippen LogP contribution in [0.4, 0.5) is 9.59 Å². The highest BCUT2D eigenvalue weighted by Crippen LogP contribution is 2.47. The second kappa shape index (κ2) is 15.2. The lowest BCUT2D eigenvalue weighted by Gasteiger charge is -2.31. The maximum atomic E-state index is 12.2. The average Bonchev–Trinajstić information content (AvgIpc) is 3.01. The van der Waals surface area contributed by atoms with Gasteiger partial charge in [0.05, 0.1) is 12.2 Å². The highest BCUT2D eigenvalue weighted by molar-refractivity contribution is 5.95. The normalized spacial score (nSPS) is 16.5. The fourth-order valence-corrected chi connectivity index (χ4v) is 5.65. The lowest BCUT2D eigenvalue weighted by Crippen LogP contribution is -2.33. The molecule has 2 heterocycles. The van der Waals surface area contributed by atoms with Crippen LogP contribution < -0.4 is 18.9 Å². The minimum atomic E-state index is -0.772. The molecule has 0 bridgehead atoms. The Morgan fingerprint density at radius 3 is 2.00 bits per heavy atom. The van der Waals surface area contributed by atoms with Gasteiger partial charge in [0, 0.05) is 23.7 Å². The number of fused-ring (bicyclic) bond motifs is 1. The number of carbonyl (C=O) groups excluding carboxylic acids is 2. The molecule has 1 unspecified atom stereocenters. The summed E-state index contributed by atoms with van der Waals surface area (Å²) < 4.78 is 33.7. The van der Waals surface area contributed by atoms with E-state index in [1.807, 2.05) is 49.4 Å². The predicted octanol–water partition coefficient (Wildman–Crippen LogP) is 8.46. The zero-order valence-corrected chi connectivity index (χ0v) is 27.2. The molecule has 0 saturated carbocycles. The smallest absolute Gasteiger partial charge is 0.492 e. The molecule has 0 N–H and O–H groups in total. The molecule has 9 nitrogen and oxygen atoms in total. The number of nitrogens with zero attached hydrogens (tertiary/aromatic N) is 1. The Labute approximate surface area is 271 Å². The van der Waals surface area contributed by atoms with Crippen LogP contribution in [0.2, 0.25) is 0 Å². The van der Waals surface area contributed by atoms with E-state index >= 15 is 0 Å². The van der Waals surface area contributed by atoms with Crippen LogP contribution in [0.25, 0.3) is 11.1 Å². The molecule has 0 spiro atoms. The van der Waals surface area contributed by atoms with E-state index in [2.05, 4.69) is 4.90 Å². The lowest BCUT2D eigenvalue weighted by molar-refractivity contribution is 0.0716. The summed E-state index contributed by atoms with van der Waals surface area (Å²) in [6, 6.07) is 20.5. The van der Waals surface area contributed by atoms with Gasteiger partial charge in [-0.2, -0.15) is 0 Å². The van der Waals surface area contributed by atoms with Crippen molar-refractivity contribution in [1.82, 2.24) is 4.90 Å². The van der Waals surface area contributed by atoms with Crippen LogP contribution in [0.15, 0.2) is 66.7 Å². The van der Waals surface area contributed by atoms with Gasteiger partial charge in [-0.3, -0.25) is 4.90 Å². The molecule has 9 heteroatoms. The summed E-state index contributed by atoms with van der Waals surface area (Å²) in [5.74, 6) is 2.08. The average molecular weight is 630 g/mol. The molecule has 0 aliphatic carbocycles. The first kappa shape index (κ1) is 32.9. The lowest BCUT2D eigenvalue weighted by atomic mass is 9.86. The predicted molar refractivity (Wildman–Crippen MR) is 175 cm³/mol. The minimum Gasteiger partial charge on any atom is -0.492 e. The van der Waals surface area contributed by atoms with Crippen LogP contribution in [-0.4, -0.2) is 55.7 Å². The zero-order chi connectivity index (χ0) is 32.6. The Kier molecular flexibility index (Phi) is 10.9. The van der Waals surface area contributed by atoms with Gasteiger partial charge in [-0.25, -0.2) is 9.59 Å². The Hall–Kier alpha value is -4.50. The van der Waals surface area contributed by atoms with E-state index < -0.39 is 18.4 Å². The van der Waals surface area contributed by atoms with Gasteiger partial charge >= 0.3 is 12.3 Å². The SMILES string of the molecule is CC1=C(c2ccc(OC(=O)OC(C)C)cc2)C(c2ccc(OCCN3CCCCC3)cc2)Oc2cc(OC(=O)OC(C)C)ccc21. The summed E-state index contributed by atoms with van der Waals surface area (Å²) in [4.78, 5) is 26.7. The van der Waals surface area contributed by atoms with Crippen molar-refractivity contribution in [3.05, 3.63) is 83.4 Å². The van der Waals surface area contributed by atoms with Gasteiger partial charge < -0.3 is 28.4 Å². The summed E-state index contributed by atoms with van der Waals surface area (Å²) in [5, 5.41) is 0. The molecule has 46 heavy (non-hydrogen) atoms. The van der Waals surface area contributed by atoms with Crippen molar-refractivity contribution in [2.24, 2.45) is 0 Å². The molecule has 1 saturated heterocycles. The van der Waals surface area contributed by atoms with Gasteiger partial charge in [-0.1, -0.05) is 30.7 Å². The van der Waals surface area contributed by atoms with Crippen molar-refractivity contribution in [3.8, 4) is 23.0 Å². The zero-order valence-electron chi connectivity index (χ0n) is 27.2. The molecule has 3 aromatic rings. The van der Waals surface area contributed by atoms with E-state index in [1.165, 1.54) is 19.3 Å². The second-order valence-electron chi connectivity index (χ2n) is 12.1. The first-order chi connectivity index (χ1) is 22.2. The molecular formula is C37H43NO8. The van der Waals surface area contributed by atoms with Crippen molar-refractivity contribution in [3.63, 3.8) is 0 Å². The van der Waals surface area contributed by atoms with Gasteiger partial charge in [0.15, 0.2) is 0 Å². The third-order valence-corrected chi connectivity index (χ3v) is 7.81. The highest BCUT2D eigenvalue weighted by Gasteiger charge is 2.30. The molecule has 5 rings (SSSR count). The second-order valence-corrected chi connectivity index (χ2v) is 12.1. The van der Waals surface area contributed by atoms with E-state index in [1.54, 1.807) is 52.0 Å². The quantitative estimate of drug-likeness (QED) is 0.162. The maximum absolute atomic E-state index is 12.2. The fraction of sp³-hybridized carbons (Fsp3) is 0.405. The van der Waals surface area contributed by atoms with Crippen LogP contribution >= 0.6 is 0 Å². The minimum absolute atomic E-state index is 0.280. The summed E-state index contributed by atoms with van der Waals surface area (Å²) in [6.07, 6.45) is 1.24. The third kappa shape index (κ3) is 8.60. The van der Waals surface area contributed by atoms with Crippen molar-refractivity contribution in [1.29, 1.82) is 0 Å². The number of likely N-dealkylation sites (tertiary alicyclic amines) is 1. The van der Waals surface area contributed by atoms with Crippen LogP contribution in [0.1, 0.15) is 76.7 Å². The summed E-state index contributed by atoms with van der Waals surface area (Å²) in [5.41, 5.74) is 4.65. The first-order valence-electron chi connectivity index (χ1n) is 16.0. The van der Waals surface area contributed by atoms with E-state index in [-0.39, 0.29) is 12.2 Å². The van der Waals surface area contributed by atoms with Gasteiger partial charge in [-0.15, -0.1) is 0 Å². The number of hydrogen-bond acceptors (Lipinski definition) is 9. The molecule has 244 valence electrons. The molecule has 2 aliphatic rings. The third-order valence-electron chi connectivity index (χ3n) is 7.81. The van der Waals surface area contributed by atoms with Crippen LogP contribution in [0.3, 0.4) is 0 Å². The molecule has 0 radical (unpaired) electrons. The molecule has 2 aliphatic heterocycles. The number of ether oxygens (including phenoxy) is 6. The monoisotopic (exact) mass is 629 g/mol. The number of benzene rings is 3. The molecule has 1 fully saturated rings. The fourth-order valence-electron chi connectivity index (χ4n) is 5.65. The van der Waals surface area contributed by atoms with Crippen LogP contribution in [-0.2, 0) is 9.47 Å². The highest BCUT2D eigenvalue weighted by atomic mass is 16.7. The number of piperidine rings is 1. The van der Waals surface area contributed by atoms with Gasteiger partial charge in [0.2, 0.25) is 0 Å². The molecule has 0 amide bonds. The largest absolute Gasteiger partial charge is 0.514 e. The van der Waals surface area contributed by atoms with Gasteiger partial charge in [0.1, 0.15) is 35.7 Å². The number of allylic oxidation sites excluding steroid dienone is 1. The molecule has 3 aromatic carbocycles. The van der Waals surface area contributed by atoms with Gasteiger partial charge in [0.25, 0.3) is 0 Å². The maximum Gasteiger partial charge on any atom is 0.514 e. The molecule has 0 aromatic heterocycles. The summed E-state index contributed by atoms with van der Waals surface area (Å²) >= 11 is 0. The van der Waals surface area contributed by atoms with E-state index in [4.69, 9.17) is 28.4 Å². The standard InChI is InChI=1S/C37H43NO8/c1-24(2)42-36(39)44-30-15-9-27(10-16-30)34-26(5)32-18-17-31(45-37(40)43-25(3)4)23-33(32)46-35(34)28-11-13-29(14-12-28)41-22-21-38-19-7-6-8-20-38/h9-18,23-25,35H,6-8,19-22H2,1-5H3. The number of carbonyl (C=O) groups is 2. The molecule has 1 atom stereocenters. The summed E-state index contributed by atoms with van der Waals surface area (Å²) in [6.45, 7) is 12.9. The van der Waals surface area contributed by atoms with Crippen molar-refractivity contribution in [2.75, 3.05) is 26.2 Å².